The Hall–Kier alpha value is -1.26. The third kappa shape index (κ3) is 2.90. The van der Waals surface area contributed by atoms with Crippen molar-refractivity contribution in [1.29, 1.82) is 0 Å². The van der Waals surface area contributed by atoms with Crippen molar-refractivity contribution in [1.82, 2.24) is 0 Å². The summed E-state index contributed by atoms with van der Waals surface area (Å²) in [6.45, 7) is 3.69. The lowest BCUT2D eigenvalue weighted by Crippen LogP contribution is -2.32. The van der Waals surface area contributed by atoms with Crippen molar-refractivity contribution in [2.45, 2.75) is 26.0 Å². The molecule has 4 heteroatoms. The molecule has 1 aromatic carbocycles. The van der Waals surface area contributed by atoms with Gasteiger partial charge in [0.25, 0.3) is 0 Å². The Morgan fingerprint density at radius 1 is 1.35 bits per heavy atom. The monoisotopic (exact) mass is 239 g/mol. The number of benzene rings is 1. The molecule has 0 fully saturated rings. The van der Waals surface area contributed by atoms with Crippen molar-refractivity contribution in [3.63, 3.8) is 0 Å². The van der Waals surface area contributed by atoms with Crippen LogP contribution in [0.1, 0.15) is 25.5 Å². The van der Waals surface area contributed by atoms with Crippen LogP contribution >= 0.6 is 0 Å². The van der Waals surface area contributed by atoms with Crippen LogP contribution in [0.4, 0.5) is 5.69 Å². The van der Waals surface area contributed by atoms with E-state index in [1.54, 1.807) is 14.0 Å². The minimum Gasteiger partial charge on any atom is -0.496 e. The number of nitrogens with zero attached hydrogens (tertiary/aromatic N) is 1. The van der Waals surface area contributed by atoms with Gasteiger partial charge in [-0.3, -0.25) is 0 Å². The van der Waals surface area contributed by atoms with Crippen molar-refractivity contribution < 1.29 is 14.9 Å². The van der Waals surface area contributed by atoms with Gasteiger partial charge in [0.15, 0.2) is 0 Å². The van der Waals surface area contributed by atoms with Gasteiger partial charge in [0.2, 0.25) is 0 Å². The van der Waals surface area contributed by atoms with E-state index in [-0.39, 0.29) is 12.6 Å². The van der Waals surface area contributed by atoms with Gasteiger partial charge in [-0.1, -0.05) is 6.07 Å². The highest BCUT2D eigenvalue weighted by Gasteiger charge is 2.19. The average molecular weight is 239 g/mol. The number of rotatable bonds is 5. The van der Waals surface area contributed by atoms with Gasteiger partial charge in [0.05, 0.1) is 19.8 Å². The van der Waals surface area contributed by atoms with Crippen LogP contribution in [0.2, 0.25) is 0 Å². The van der Waals surface area contributed by atoms with E-state index in [1.165, 1.54) is 0 Å². The van der Waals surface area contributed by atoms with Gasteiger partial charge in [-0.25, -0.2) is 0 Å². The van der Waals surface area contributed by atoms with Gasteiger partial charge in [-0.15, -0.1) is 0 Å². The summed E-state index contributed by atoms with van der Waals surface area (Å²) in [5.74, 6) is 0.662. The Bertz CT molecular complexity index is 366. The topological polar surface area (TPSA) is 52.9 Å². The van der Waals surface area contributed by atoms with Crippen LogP contribution in [-0.4, -0.2) is 37.0 Å². The van der Waals surface area contributed by atoms with Crippen molar-refractivity contribution in [2.24, 2.45) is 0 Å². The second-order valence-corrected chi connectivity index (χ2v) is 4.21. The van der Waals surface area contributed by atoms with E-state index in [1.807, 2.05) is 37.1 Å². The molecule has 0 aliphatic heterocycles. The molecule has 0 radical (unpaired) electrons. The Kier molecular flexibility index (Phi) is 4.78. The first-order chi connectivity index (χ1) is 8.02. The fraction of sp³-hybridized carbons (Fsp3) is 0.538. The molecule has 2 N–H and O–H groups in total. The molecule has 0 amide bonds. The number of methoxy groups -OCH3 is 1. The molecule has 2 atom stereocenters. The lowest BCUT2D eigenvalue weighted by Gasteiger charge is -2.29. The predicted octanol–water partition coefficient (Wildman–Crippen LogP) is 1.57. The molecule has 1 aromatic rings. The van der Waals surface area contributed by atoms with Crippen molar-refractivity contribution in [3.8, 4) is 5.75 Å². The highest BCUT2D eigenvalue weighted by Crippen LogP contribution is 2.34. The molecule has 0 aliphatic rings. The Morgan fingerprint density at radius 3 is 2.47 bits per heavy atom. The molecule has 0 heterocycles. The maximum Gasteiger partial charge on any atom is 0.126 e. The summed E-state index contributed by atoms with van der Waals surface area (Å²) < 4.78 is 5.26. The van der Waals surface area contributed by atoms with Crippen molar-refractivity contribution in [3.05, 3.63) is 23.8 Å². The normalized spacial score (nSPS) is 14.2. The zero-order valence-electron chi connectivity index (χ0n) is 10.8. The maximum absolute atomic E-state index is 9.85. The van der Waals surface area contributed by atoms with E-state index in [0.29, 0.717) is 5.75 Å². The van der Waals surface area contributed by atoms with Gasteiger partial charge >= 0.3 is 0 Å². The van der Waals surface area contributed by atoms with Crippen molar-refractivity contribution in [2.75, 3.05) is 25.7 Å². The lowest BCUT2D eigenvalue weighted by molar-refractivity contribution is 0.194. The molecule has 0 bridgehead atoms. The van der Waals surface area contributed by atoms with Gasteiger partial charge in [-0.2, -0.15) is 0 Å². The number of anilines is 1. The first-order valence-corrected chi connectivity index (χ1v) is 5.71. The standard InChI is InChI=1S/C13H21NO3/c1-9(8-15)14(3)11-6-5-7-12(17-4)13(11)10(2)16/h5-7,9-10,15-16H,8H2,1-4H3. The number of aliphatic hydroxyl groups is 2. The minimum absolute atomic E-state index is 0.0143. The number of hydrogen-bond donors (Lipinski definition) is 2. The zero-order chi connectivity index (χ0) is 13.0. The van der Waals surface area contributed by atoms with Gasteiger partial charge in [-0.05, 0) is 26.0 Å². The number of ether oxygens (including phenoxy) is 1. The lowest BCUT2D eigenvalue weighted by atomic mass is 10.0. The Balaban J connectivity index is 3.22. The smallest absolute Gasteiger partial charge is 0.126 e. The van der Waals surface area contributed by atoms with E-state index in [4.69, 9.17) is 4.74 Å². The molecule has 0 saturated carbocycles. The quantitative estimate of drug-likeness (QED) is 0.819. The number of aliphatic hydroxyl groups excluding tert-OH is 2. The van der Waals surface area contributed by atoms with Crippen LogP contribution in [0.25, 0.3) is 0 Å². The van der Waals surface area contributed by atoms with Gasteiger partial charge in [0.1, 0.15) is 5.75 Å². The molecule has 0 aliphatic carbocycles. The fourth-order valence-corrected chi connectivity index (χ4v) is 1.80. The summed E-state index contributed by atoms with van der Waals surface area (Å²) in [6.07, 6.45) is -0.616. The first-order valence-electron chi connectivity index (χ1n) is 5.71. The predicted molar refractivity (Wildman–Crippen MR) is 68.6 cm³/mol. The summed E-state index contributed by atoms with van der Waals surface area (Å²) in [5, 5.41) is 19.0. The van der Waals surface area contributed by atoms with Crippen LogP contribution < -0.4 is 9.64 Å². The van der Waals surface area contributed by atoms with E-state index in [0.717, 1.165) is 11.3 Å². The first kappa shape index (κ1) is 13.8. The second kappa shape index (κ2) is 5.89. The summed E-state index contributed by atoms with van der Waals surface area (Å²) in [5.41, 5.74) is 1.62. The highest BCUT2D eigenvalue weighted by molar-refractivity contribution is 5.60. The highest BCUT2D eigenvalue weighted by atomic mass is 16.5. The minimum atomic E-state index is -0.616. The van der Waals surface area contributed by atoms with Crippen LogP contribution in [0.3, 0.4) is 0 Å². The molecular weight excluding hydrogens is 218 g/mol. The molecule has 2 unspecified atom stereocenters. The third-order valence-electron chi connectivity index (χ3n) is 2.99. The summed E-state index contributed by atoms with van der Waals surface area (Å²) in [6, 6.07) is 5.60. The van der Waals surface area contributed by atoms with E-state index in [2.05, 4.69) is 0 Å². The molecule has 17 heavy (non-hydrogen) atoms. The largest absolute Gasteiger partial charge is 0.496 e. The summed E-state index contributed by atoms with van der Waals surface area (Å²) in [4.78, 5) is 1.94. The SMILES string of the molecule is COc1cccc(N(C)C(C)CO)c1C(C)O. The summed E-state index contributed by atoms with van der Waals surface area (Å²) in [7, 11) is 3.47. The Morgan fingerprint density at radius 2 is 2.00 bits per heavy atom. The van der Waals surface area contributed by atoms with Crippen LogP contribution in [0.5, 0.6) is 5.75 Å². The van der Waals surface area contributed by atoms with Crippen LogP contribution in [0, 0.1) is 0 Å². The third-order valence-corrected chi connectivity index (χ3v) is 2.99. The maximum atomic E-state index is 9.85. The number of hydrogen-bond acceptors (Lipinski definition) is 4. The zero-order valence-corrected chi connectivity index (χ0v) is 10.8. The summed E-state index contributed by atoms with van der Waals surface area (Å²) >= 11 is 0. The van der Waals surface area contributed by atoms with Crippen LogP contribution in [0.15, 0.2) is 18.2 Å². The van der Waals surface area contributed by atoms with Crippen LogP contribution in [-0.2, 0) is 0 Å². The Labute approximate surface area is 102 Å². The van der Waals surface area contributed by atoms with E-state index >= 15 is 0 Å². The van der Waals surface area contributed by atoms with Crippen molar-refractivity contribution >= 4 is 5.69 Å². The van der Waals surface area contributed by atoms with E-state index in [9.17, 15) is 10.2 Å². The molecule has 0 aromatic heterocycles. The van der Waals surface area contributed by atoms with E-state index < -0.39 is 6.10 Å². The van der Waals surface area contributed by atoms with Gasteiger partial charge in [0, 0.05) is 24.3 Å². The molecule has 0 spiro atoms. The van der Waals surface area contributed by atoms with Gasteiger partial charge < -0.3 is 19.8 Å². The average Bonchev–Trinajstić information content (AvgIpc) is 2.35. The molecule has 1 rings (SSSR count). The second-order valence-electron chi connectivity index (χ2n) is 4.21. The molecule has 0 saturated heterocycles. The fourth-order valence-electron chi connectivity index (χ4n) is 1.80. The molecule has 4 nitrogen and oxygen atoms in total. The number of likely N-dealkylation sites (N-methyl/N-ethyl adjacent to an activating group) is 1. The molecule has 96 valence electrons. The molecular formula is C13H21NO3.